The molecule has 3 aromatic rings. The molecule has 0 atom stereocenters. The second-order valence-electron chi connectivity index (χ2n) is 4.97. The Kier molecular flexibility index (Phi) is 4.34. The molecule has 0 spiro atoms. The van der Waals surface area contributed by atoms with E-state index in [-0.39, 0.29) is 17.5 Å². The zero-order chi connectivity index (χ0) is 17.1. The summed E-state index contributed by atoms with van der Waals surface area (Å²) in [6, 6.07) is 9.92. The van der Waals surface area contributed by atoms with Crippen LogP contribution in [-0.2, 0) is 6.54 Å². The second-order valence-corrected chi connectivity index (χ2v) is 6.05. The van der Waals surface area contributed by atoms with Crippen LogP contribution in [0.15, 0.2) is 36.5 Å². The van der Waals surface area contributed by atoms with Gasteiger partial charge in [-0.25, -0.2) is 9.97 Å². The molecule has 0 saturated heterocycles. The number of nitro groups is 1. The first-order valence-corrected chi connectivity index (χ1v) is 7.88. The lowest BCUT2D eigenvalue weighted by Gasteiger charge is -2.04. The van der Waals surface area contributed by atoms with Gasteiger partial charge in [-0.15, -0.1) is 11.3 Å². The summed E-state index contributed by atoms with van der Waals surface area (Å²) >= 11 is 1.58. The smallest absolute Gasteiger partial charge is 0.329 e. The van der Waals surface area contributed by atoms with Crippen molar-refractivity contribution in [1.82, 2.24) is 15.0 Å². The number of anilines is 2. The quantitative estimate of drug-likeness (QED) is 0.540. The van der Waals surface area contributed by atoms with Gasteiger partial charge in [-0.05, 0) is 6.92 Å². The normalized spacial score (nSPS) is 10.5. The maximum atomic E-state index is 10.7. The summed E-state index contributed by atoms with van der Waals surface area (Å²) in [6.07, 6.45) is 1.10. The number of rotatable bonds is 5. The average Bonchev–Trinajstić information content (AvgIpc) is 2.94. The van der Waals surface area contributed by atoms with Gasteiger partial charge < -0.3 is 11.1 Å². The average molecular weight is 342 g/mol. The maximum absolute atomic E-state index is 10.7. The van der Waals surface area contributed by atoms with E-state index in [2.05, 4.69) is 20.3 Å². The third-order valence-electron chi connectivity index (χ3n) is 3.32. The molecule has 0 unspecified atom stereocenters. The van der Waals surface area contributed by atoms with E-state index in [4.69, 9.17) is 5.73 Å². The van der Waals surface area contributed by atoms with Crippen molar-refractivity contribution in [3.05, 3.63) is 57.2 Å². The van der Waals surface area contributed by atoms with Gasteiger partial charge in [0, 0.05) is 10.4 Å². The van der Waals surface area contributed by atoms with Crippen molar-refractivity contribution in [1.29, 1.82) is 0 Å². The van der Waals surface area contributed by atoms with Gasteiger partial charge in [0.1, 0.15) is 11.2 Å². The molecule has 24 heavy (non-hydrogen) atoms. The molecule has 0 aliphatic carbocycles. The van der Waals surface area contributed by atoms with E-state index in [1.807, 2.05) is 37.3 Å². The molecule has 0 radical (unpaired) electrons. The summed E-state index contributed by atoms with van der Waals surface area (Å²) in [5.41, 5.74) is 7.23. The van der Waals surface area contributed by atoms with Crippen molar-refractivity contribution in [2.45, 2.75) is 13.5 Å². The van der Waals surface area contributed by atoms with Crippen LogP contribution in [0.25, 0.3) is 10.6 Å². The SMILES string of the molecule is Cc1nc(-c2ccccc2)sc1CNc1ncc([N+](=O)[O-])c(N)n1. The van der Waals surface area contributed by atoms with Crippen LogP contribution in [0.2, 0.25) is 0 Å². The molecule has 0 fully saturated rings. The maximum Gasteiger partial charge on any atom is 0.329 e. The van der Waals surface area contributed by atoms with E-state index in [9.17, 15) is 10.1 Å². The molecule has 2 heterocycles. The fraction of sp³-hybridized carbons (Fsp3) is 0.133. The summed E-state index contributed by atoms with van der Waals surface area (Å²) in [4.78, 5) is 23.5. The zero-order valence-electron chi connectivity index (χ0n) is 12.8. The molecule has 1 aromatic carbocycles. The van der Waals surface area contributed by atoms with E-state index < -0.39 is 4.92 Å². The van der Waals surface area contributed by atoms with Crippen LogP contribution in [0.5, 0.6) is 0 Å². The lowest BCUT2D eigenvalue weighted by atomic mass is 10.2. The van der Waals surface area contributed by atoms with Gasteiger partial charge >= 0.3 is 5.69 Å². The summed E-state index contributed by atoms with van der Waals surface area (Å²) in [5.74, 6) is 0.0793. The molecule has 3 rings (SSSR count). The van der Waals surface area contributed by atoms with Crippen molar-refractivity contribution < 1.29 is 4.92 Å². The molecule has 0 bridgehead atoms. The van der Waals surface area contributed by atoms with Gasteiger partial charge in [-0.3, -0.25) is 10.1 Å². The van der Waals surface area contributed by atoms with Crippen LogP contribution in [0.1, 0.15) is 10.6 Å². The monoisotopic (exact) mass is 342 g/mol. The number of hydrogen-bond acceptors (Lipinski definition) is 8. The Bertz CT molecular complexity index is 881. The molecule has 0 aliphatic heterocycles. The number of nitrogens with two attached hydrogens (primary N) is 1. The minimum atomic E-state index is -0.613. The van der Waals surface area contributed by atoms with Crippen LogP contribution in [-0.4, -0.2) is 19.9 Å². The third-order valence-corrected chi connectivity index (χ3v) is 4.52. The van der Waals surface area contributed by atoms with Crippen molar-refractivity contribution in [3.8, 4) is 10.6 Å². The Labute approximate surface area is 141 Å². The van der Waals surface area contributed by atoms with E-state index >= 15 is 0 Å². The van der Waals surface area contributed by atoms with Gasteiger partial charge in [0.2, 0.25) is 11.8 Å². The highest BCUT2D eigenvalue weighted by Gasteiger charge is 2.15. The molecule has 8 nitrogen and oxygen atoms in total. The number of benzene rings is 1. The topological polar surface area (TPSA) is 120 Å². The third kappa shape index (κ3) is 3.30. The molecule has 3 N–H and O–H groups in total. The van der Waals surface area contributed by atoms with E-state index in [0.29, 0.717) is 6.54 Å². The first-order chi connectivity index (χ1) is 11.5. The molecule has 122 valence electrons. The number of nitrogen functional groups attached to an aromatic ring is 1. The van der Waals surface area contributed by atoms with Crippen molar-refractivity contribution in [3.63, 3.8) is 0 Å². The standard InChI is InChI=1S/C15H14N6O2S/c1-9-12(24-14(19-9)10-5-3-2-4-6-10)8-18-15-17-7-11(21(22)23)13(16)20-15/h2-7H,8H2,1H3,(H3,16,17,18,20). The largest absolute Gasteiger partial charge is 0.378 e. The van der Waals surface area contributed by atoms with E-state index in [0.717, 1.165) is 27.3 Å². The predicted molar refractivity (Wildman–Crippen MR) is 92.7 cm³/mol. The van der Waals surface area contributed by atoms with Crippen LogP contribution in [0.3, 0.4) is 0 Å². The number of hydrogen-bond donors (Lipinski definition) is 2. The Balaban J connectivity index is 1.74. The highest BCUT2D eigenvalue weighted by Crippen LogP contribution is 2.28. The van der Waals surface area contributed by atoms with Gasteiger partial charge in [-0.1, -0.05) is 30.3 Å². The molecule has 0 amide bonds. The summed E-state index contributed by atoms with van der Waals surface area (Å²) in [7, 11) is 0. The summed E-state index contributed by atoms with van der Waals surface area (Å²) in [6.45, 7) is 2.40. The lowest BCUT2D eigenvalue weighted by Crippen LogP contribution is -2.07. The fourth-order valence-electron chi connectivity index (χ4n) is 2.07. The molecule has 0 aliphatic rings. The molecular weight excluding hydrogens is 328 g/mol. The van der Waals surface area contributed by atoms with Crippen LogP contribution < -0.4 is 11.1 Å². The van der Waals surface area contributed by atoms with Crippen LogP contribution >= 0.6 is 11.3 Å². The molecule has 0 saturated carbocycles. The van der Waals surface area contributed by atoms with E-state index in [1.54, 1.807) is 11.3 Å². The van der Waals surface area contributed by atoms with Gasteiger partial charge in [0.25, 0.3) is 0 Å². The van der Waals surface area contributed by atoms with Gasteiger partial charge in [-0.2, -0.15) is 4.98 Å². The first kappa shape index (κ1) is 15.8. The molecule has 9 heteroatoms. The van der Waals surface area contributed by atoms with Crippen LogP contribution in [0.4, 0.5) is 17.5 Å². The number of aryl methyl sites for hydroxylation is 1. The Morgan fingerprint density at radius 3 is 2.71 bits per heavy atom. The minimum absolute atomic E-state index is 0.163. The number of aromatic nitrogens is 3. The summed E-state index contributed by atoms with van der Waals surface area (Å²) < 4.78 is 0. The Morgan fingerprint density at radius 2 is 2.04 bits per heavy atom. The van der Waals surface area contributed by atoms with Crippen molar-refractivity contribution in [2.24, 2.45) is 0 Å². The summed E-state index contributed by atoms with van der Waals surface area (Å²) in [5, 5.41) is 14.7. The van der Waals surface area contributed by atoms with Gasteiger partial charge in [0.05, 0.1) is 17.2 Å². The molecular formula is C15H14N6O2S. The van der Waals surface area contributed by atoms with E-state index in [1.165, 1.54) is 0 Å². The Morgan fingerprint density at radius 1 is 1.29 bits per heavy atom. The Hall–Kier alpha value is -3.07. The highest BCUT2D eigenvalue weighted by molar-refractivity contribution is 7.15. The number of thiazole rings is 1. The number of nitrogens with one attached hydrogen (secondary N) is 1. The van der Waals surface area contributed by atoms with Gasteiger partial charge in [0.15, 0.2) is 0 Å². The predicted octanol–water partition coefficient (Wildman–Crippen LogP) is 3.01. The number of nitrogens with zero attached hydrogens (tertiary/aromatic N) is 4. The zero-order valence-corrected chi connectivity index (χ0v) is 13.6. The lowest BCUT2D eigenvalue weighted by molar-refractivity contribution is -0.384. The molecule has 2 aromatic heterocycles. The second kappa shape index (κ2) is 6.59. The van der Waals surface area contributed by atoms with Crippen molar-refractivity contribution in [2.75, 3.05) is 11.1 Å². The minimum Gasteiger partial charge on any atom is -0.378 e. The van der Waals surface area contributed by atoms with Crippen molar-refractivity contribution >= 4 is 28.8 Å². The highest BCUT2D eigenvalue weighted by atomic mass is 32.1. The van der Waals surface area contributed by atoms with Crippen LogP contribution in [0, 0.1) is 17.0 Å². The fourth-order valence-corrected chi connectivity index (χ4v) is 3.08. The first-order valence-electron chi connectivity index (χ1n) is 7.07.